The summed E-state index contributed by atoms with van der Waals surface area (Å²) >= 11 is 0. The Labute approximate surface area is 214 Å². The van der Waals surface area contributed by atoms with Crippen LogP contribution in [0.3, 0.4) is 0 Å². The van der Waals surface area contributed by atoms with Gasteiger partial charge in [0.2, 0.25) is 5.91 Å². The number of hydrogen-bond donors (Lipinski definition) is 1. The van der Waals surface area contributed by atoms with E-state index in [9.17, 15) is 26.8 Å². The summed E-state index contributed by atoms with van der Waals surface area (Å²) in [5, 5.41) is 10.2. The van der Waals surface area contributed by atoms with Crippen molar-refractivity contribution in [2.75, 3.05) is 18.4 Å². The zero-order valence-electron chi connectivity index (χ0n) is 20.1. The summed E-state index contributed by atoms with van der Waals surface area (Å²) in [4.78, 5) is 29.9. The molecule has 38 heavy (non-hydrogen) atoms. The Bertz CT molecular complexity index is 1660. The van der Waals surface area contributed by atoms with Gasteiger partial charge in [-0.3, -0.25) is 14.3 Å². The van der Waals surface area contributed by atoms with Crippen molar-refractivity contribution in [1.82, 2.24) is 29.3 Å². The number of aryl methyl sites for hydroxylation is 1. The second-order valence-corrected chi connectivity index (χ2v) is 10.8. The van der Waals surface area contributed by atoms with Gasteiger partial charge in [-0.1, -0.05) is 0 Å². The number of benzene rings is 1. The molecule has 1 saturated heterocycles. The molecule has 3 aromatic heterocycles. The van der Waals surface area contributed by atoms with Crippen molar-refractivity contribution < 1.29 is 31.5 Å². The summed E-state index contributed by atoms with van der Waals surface area (Å²) in [6, 6.07) is 5.11. The van der Waals surface area contributed by atoms with Gasteiger partial charge < -0.3 is 15.0 Å². The molecule has 1 aliphatic heterocycles. The quantitative estimate of drug-likeness (QED) is 0.372. The molecule has 4 aromatic rings. The van der Waals surface area contributed by atoms with Crippen LogP contribution in [0, 0.1) is 0 Å². The van der Waals surface area contributed by atoms with Crippen molar-refractivity contribution >= 4 is 33.0 Å². The number of halogens is 2. The molecular formula is C23H21F2N7O5S. The van der Waals surface area contributed by atoms with Crippen LogP contribution in [0.15, 0.2) is 53.9 Å². The molecule has 1 aliphatic rings. The Kier molecular flexibility index (Phi) is 6.30. The zero-order chi connectivity index (χ0) is 27.2. The Hall–Kier alpha value is -4.40. The number of amides is 2. The standard InChI is InChI=1S/C23H21F2N7O5S/c1-13(33)31-10-15(11-31)38(35,36)14-4-5-19(37-23(24)25)16(8-14)20-18(12-30(2)29-20)28-22(34)17-9-27-32-7-3-6-26-21(17)32/h3-9,12,15,23H,10-11H2,1-2H3,(H,28,34). The van der Waals surface area contributed by atoms with Crippen molar-refractivity contribution in [3.05, 3.63) is 54.6 Å². The van der Waals surface area contributed by atoms with E-state index in [2.05, 4.69) is 25.2 Å². The first-order valence-electron chi connectivity index (χ1n) is 11.3. The number of alkyl halides is 2. The number of aromatic nitrogens is 5. The van der Waals surface area contributed by atoms with E-state index in [4.69, 9.17) is 0 Å². The van der Waals surface area contributed by atoms with E-state index < -0.39 is 27.6 Å². The fourth-order valence-corrected chi connectivity index (χ4v) is 5.79. The van der Waals surface area contributed by atoms with Crippen molar-refractivity contribution in [3.63, 3.8) is 0 Å². The van der Waals surface area contributed by atoms with Crippen LogP contribution in [-0.2, 0) is 21.7 Å². The van der Waals surface area contributed by atoms with Crippen LogP contribution in [0.5, 0.6) is 5.75 Å². The minimum atomic E-state index is -3.91. The smallest absolute Gasteiger partial charge is 0.387 e. The predicted molar refractivity (Wildman–Crippen MR) is 129 cm³/mol. The SMILES string of the molecule is CC(=O)N1CC(S(=O)(=O)c2ccc(OC(F)F)c(-c3nn(C)cc3NC(=O)c3cnn4cccnc34)c2)C1. The maximum atomic E-state index is 13.2. The van der Waals surface area contributed by atoms with Crippen LogP contribution in [0.4, 0.5) is 14.5 Å². The number of carbonyl (C=O) groups excluding carboxylic acids is 2. The number of anilines is 1. The van der Waals surface area contributed by atoms with E-state index in [1.807, 2.05) is 0 Å². The van der Waals surface area contributed by atoms with Crippen molar-refractivity contribution in [2.24, 2.45) is 7.05 Å². The molecule has 1 aromatic carbocycles. The Morgan fingerprint density at radius 3 is 2.71 bits per heavy atom. The van der Waals surface area contributed by atoms with Crippen LogP contribution < -0.4 is 10.1 Å². The van der Waals surface area contributed by atoms with Crippen LogP contribution >= 0.6 is 0 Å². The second kappa shape index (κ2) is 9.48. The molecule has 0 radical (unpaired) electrons. The van der Waals surface area contributed by atoms with Gasteiger partial charge in [-0.15, -0.1) is 0 Å². The monoisotopic (exact) mass is 545 g/mol. The number of nitrogens with one attached hydrogen (secondary N) is 1. The molecule has 1 N–H and O–H groups in total. The molecule has 0 atom stereocenters. The molecule has 0 saturated carbocycles. The number of likely N-dealkylation sites (tertiary alicyclic amines) is 1. The van der Waals surface area contributed by atoms with Gasteiger partial charge in [0.05, 0.1) is 16.8 Å². The Morgan fingerprint density at radius 2 is 2.00 bits per heavy atom. The van der Waals surface area contributed by atoms with Crippen molar-refractivity contribution in [2.45, 2.75) is 23.7 Å². The van der Waals surface area contributed by atoms with Crippen LogP contribution in [-0.4, -0.2) is 74.5 Å². The molecule has 5 rings (SSSR count). The number of sulfone groups is 1. The zero-order valence-corrected chi connectivity index (χ0v) is 20.9. The molecule has 4 heterocycles. The Balaban J connectivity index is 1.53. The summed E-state index contributed by atoms with van der Waals surface area (Å²) in [6.45, 7) is -1.79. The van der Waals surface area contributed by atoms with Gasteiger partial charge in [-0.2, -0.15) is 19.0 Å². The lowest BCUT2D eigenvalue weighted by Gasteiger charge is -2.38. The summed E-state index contributed by atoms with van der Waals surface area (Å²) < 4.78 is 60.3. The summed E-state index contributed by atoms with van der Waals surface area (Å²) in [5.74, 6) is -1.16. The number of fused-ring (bicyclic) bond motifs is 1. The minimum absolute atomic E-state index is 0.0111. The summed E-state index contributed by atoms with van der Waals surface area (Å²) in [6.07, 6.45) is 5.89. The van der Waals surface area contributed by atoms with Crippen molar-refractivity contribution in [3.8, 4) is 17.0 Å². The molecule has 0 aliphatic carbocycles. The molecule has 0 spiro atoms. The molecule has 0 bridgehead atoms. The number of hydrogen-bond acceptors (Lipinski definition) is 8. The molecule has 198 valence electrons. The van der Waals surface area contributed by atoms with Crippen LogP contribution in [0.25, 0.3) is 16.9 Å². The highest BCUT2D eigenvalue weighted by Crippen LogP contribution is 2.38. The lowest BCUT2D eigenvalue weighted by atomic mass is 10.1. The highest BCUT2D eigenvalue weighted by Gasteiger charge is 2.40. The highest BCUT2D eigenvalue weighted by atomic mass is 32.2. The topological polar surface area (TPSA) is 141 Å². The van der Waals surface area contributed by atoms with Gasteiger partial charge in [0.1, 0.15) is 22.3 Å². The molecule has 2 amide bonds. The third kappa shape index (κ3) is 4.55. The maximum Gasteiger partial charge on any atom is 0.387 e. The molecule has 1 fully saturated rings. The van der Waals surface area contributed by atoms with E-state index in [1.165, 1.54) is 51.7 Å². The first-order chi connectivity index (χ1) is 18.0. The maximum absolute atomic E-state index is 13.2. The first kappa shape index (κ1) is 25.3. The lowest BCUT2D eigenvalue weighted by molar-refractivity contribution is -0.131. The Morgan fingerprint density at radius 1 is 1.24 bits per heavy atom. The van der Waals surface area contributed by atoms with Gasteiger partial charge in [-0.25, -0.2) is 17.9 Å². The average molecular weight is 546 g/mol. The van der Waals surface area contributed by atoms with Crippen molar-refractivity contribution in [1.29, 1.82) is 0 Å². The normalized spacial score (nSPS) is 14.1. The van der Waals surface area contributed by atoms with Crippen LogP contribution in [0.1, 0.15) is 17.3 Å². The van der Waals surface area contributed by atoms with Gasteiger partial charge in [0, 0.05) is 51.2 Å². The molecule has 0 unspecified atom stereocenters. The van der Waals surface area contributed by atoms with E-state index in [1.54, 1.807) is 19.3 Å². The van der Waals surface area contributed by atoms with E-state index in [0.717, 1.165) is 6.07 Å². The van der Waals surface area contributed by atoms with Crippen LogP contribution in [0.2, 0.25) is 0 Å². The van der Waals surface area contributed by atoms with Gasteiger partial charge in [0.15, 0.2) is 15.5 Å². The van der Waals surface area contributed by atoms with E-state index in [-0.39, 0.29) is 52.1 Å². The first-order valence-corrected chi connectivity index (χ1v) is 12.8. The van der Waals surface area contributed by atoms with E-state index >= 15 is 0 Å². The predicted octanol–water partition coefficient (Wildman–Crippen LogP) is 1.99. The average Bonchev–Trinajstić information content (AvgIpc) is 3.40. The summed E-state index contributed by atoms with van der Waals surface area (Å²) in [5.41, 5.74) is 0.513. The highest BCUT2D eigenvalue weighted by molar-refractivity contribution is 7.92. The van der Waals surface area contributed by atoms with Gasteiger partial charge in [-0.05, 0) is 24.3 Å². The fraction of sp³-hybridized carbons (Fsp3) is 0.261. The number of rotatable bonds is 7. The number of ether oxygens (including phenoxy) is 1. The molecular weight excluding hydrogens is 524 g/mol. The minimum Gasteiger partial charge on any atom is -0.434 e. The molecule has 15 heteroatoms. The van der Waals surface area contributed by atoms with Gasteiger partial charge in [0.25, 0.3) is 5.91 Å². The number of nitrogens with zero attached hydrogens (tertiary/aromatic N) is 6. The second-order valence-electron chi connectivity index (χ2n) is 8.59. The fourth-order valence-electron chi connectivity index (χ4n) is 4.11. The third-order valence-corrected chi connectivity index (χ3v) is 8.17. The lowest BCUT2D eigenvalue weighted by Crippen LogP contribution is -2.56. The largest absolute Gasteiger partial charge is 0.434 e. The van der Waals surface area contributed by atoms with Gasteiger partial charge >= 0.3 is 6.61 Å². The van der Waals surface area contributed by atoms with E-state index in [0.29, 0.717) is 5.65 Å². The number of carbonyl (C=O) groups is 2. The molecule has 12 nitrogen and oxygen atoms in total. The third-order valence-electron chi connectivity index (χ3n) is 6.08. The summed E-state index contributed by atoms with van der Waals surface area (Å²) in [7, 11) is -2.36.